The first-order valence-electron chi connectivity index (χ1n) is 6.64. The smallest absolute Gasteiger partial charge is 0.306 e. The van der Waals surface area contributed by atoms with Crippen molar-refractivity contribution in [1.29, 1.82) is 0 Å². The third kappa shape index (κ3) is 3.28. The normalized spacial score (nSPS) is 11.4. The molecule has 2 heterocycles. The molecule has 0 spiro atoms. The van der Waals surface area contributed by atoms with Crippen molar-refractivity contribution in [3.8, 4) is 22.8 Å². The number of hydrogen-bond donors (Lipinski definition) is 1. The van der Waals surface area contributed by atoms with Crippen LogP contribution in [0.15, 0.2) is 59.5 Å². The average Bonchev–Trinajstić information content (AvgIpc) is 2.54. The molecule has 0 aliphatic heterocycles. The minimum Gasteiger partial charge on any atom is -0.306 e. The first-order chi connectivity index (χ1) is 10.9. The summed E-state index contributed by atoms with van der Waals surface area (Å²) in [5.74, 6) is 0.187. The number of nitrogens with one attached hydrogen (secondary N) is 1. The number of halogens is 3. The van der Waals surface area contributed by atoms with Crippen LogP contribution in [0.3, 0.4) is 0 Å². The molecule has 0 aliphatic carbocycles. The molecular weight excluding hydrogens is 307 g/mol. The minimum absolute atomic E-state index is 0.187. The van der Waals surface area contributed by atoms with Crippen molar-refractivity contribution in [1.82, 2.24) is 15.0 Å². The van der Waals surface area contributed by atoms with Crippen molar-refractivity contribution in [2.24, 2.45) is 0 Å². The van der Waals surface area contributed by atoms with Crippen molar-refractivity contribution in [3.05, 3.63) is 70.6 Å². The van der Waals surface area contributed by atoms with E-state index in [2.05, 4.69) is 15.0 Å². The first kappa shape index (κ1) is 15.0. The Bertz CT molecular complexity index is 872. The fourth-order valence-electron chi connectivity index (χ4n) is 2.06. The summed E-state index contributed by atoms with van der Waals surface area (Å²) in [5.41, 5.74) is 0.0731. The summed E-state index contributed by atoms with van der Waals surface area (Å²) in [6.45, 7) is 0. The Morgan fingerprint density at radius 3 is 2.30 bits per heavy atom. The lowest BCUT2D eigenvalue weighted by molar-refractivity contribution is -0.137. The van der Waals surface area contributed by atoms with Crippen molar-refractivity contribution < 1.29 is 13.2 Å². The van der Waals surface area contributed by atoms with Crippen LogP contribution >= 0.6 is 0 Å². The van der Waals surface area contributed by atoms with Crippen LogP contribution in [-0.4, -0.2) is 15.0 Å². The van der Waals surface area contributed by atoms with E-state index < -0.39 is 17.3 Å². The first-order valence-corrected chi connectivity index (χ1v) is 6.64. The molecular formula is C16H10F3N3O. The molecule has 0 fully saturated rings. The highest BCUT2D eigenvalue weighted by molar-refractivity contribution is 5.61. The van der Waals surface area contributed by atoms with Gasteiger partial charge in [0.2, 0.25) is 0 Å². The van der Waals surface area contributed by atoms with Crippen molar-refractivity contribution in [2.75, 3.05) is 0 Å². The predicted octanol–water partition coefficient (Wildman–Crippen LogP) is 3.52. The number of hydrogen-bond acceptors (Lipinski definition) is 3. The number of pyridine rings is 1. The molecule has 3 aromatic rings. The second-order valence-corrected chi connectivity index (χ2v) is 4.77. The third-order valence-corrected chi connectivity index (χ3v) is 3.15. The van der Waals surface area contributed by atoms with Crippen molar-refractivity contribution in [3.63, 3.8) is 0 Å². The van der Waals surface area contributed by atoms with Crippen LogP contribution in [0.4, 0.5) is 13.2 Å². The van der Waals surface area contributed by atoms with Gasteiger partial charge in [-0.15, -0.1) is 0 Å². The molecule has 4 nitrogen and oxygen atoms in total. The molecule has 0 aliphatic rings. The molecule has 1 N–H and O–H groups in total. The van der Waals surface area contributed by atoms with Gasteiger partial charge in [-0.2, -0.15) is 13.2 Å². The van der Waals surface area contributed by atoms with E-state index in [0.29, 0.717) is 17.0 Å². The van der Waals surface area contributed by atoms with Crippen molar-refractivity contribution in [2.45, 2.75) is 6.18 Å². The van der Waals surface area contributed by atoms with Crippen molar-refractivity contribution >= 4 is 0 Å². The Morgan fingerprint density at radius 1 is 0.957 bits per heavy atom. The number of rotatable bonds is 2. The number of alkyl halides is 3. The van der Waals surface area contributed by atoms with Crippen LogP contribution in [0.25, 0.3) is 22.8 Å². The van der Waals surface area contributed by atoms with Crippen LogP contribution < -0.4 is 5.56 Å². The van der Waals surface area contributed by atoms with E-state index in [4.69, 9.17) is 0 Å². The van der Waals surface area contributed by atoms with E-state index in [1.54, 1.807) is 24.4 Å². The summed E-state index contributed by atoms with van der Waals surface area (Å²) in [7, 11) is 0. The van der Waals surface area contributed by atoms with Gasteiger partial charge in [0.25, 0.3) is 5.56 Å². The Labute approximate surface area is 128 Å². The molecule has 0 unspecified atom stereocenters. The molecule has 7 heteroatoms. The molecule has 0 saturated carbocycles. The molecule has 0 amide bonds. The van der Waals surface area contributed by atoms with Gasteiger partial charge >= 0.3 is 6.18 Å². The second kappa shape index (κ2) is 5.68. The number of benzene rings is 1. The quantitative estimate of drug-likeness (QED) is 0.787. The van der Waals surface area contributed by atoms with E-state index in [9.17, 15) is 18.0 Å². The number of nitrogens with zero attached hydrogens (tertiary/aromatic N) is 2. The zero-order valence-corrected chi connectivity index (χ0v) is 11.6. The van der Waals surface area contributed by atoms with Gasteiger partial charge < -0.3 is 4.98 Å². The molecule has 2 aromatic heterocycles. The maximum Gasteiger partial charge on any atom is 0.416 e. The molecule has 3 rings (SSSR count). The van der Waals surface area contributed by atoms with Gasteiger partial charge in [0, 0.05) is 17.8 Å². The van der Waals surface area contributed by atoms with Gasteiger partial charge in [-0.3, -0.25) is 9.78 Å². The zero-order chi connectivity index (χ0) is 16.4. The molecule has 0 radical (unpaired) electrons. The standard InChI is InChI=1S/C16H10F3N3O/c17-16(18,19)11-6-4-10(5-7-11)15-21-13(9-14(23)22-15)12-3-1-2-8-20-12/h1-9H,(H,21,22,23). The van der Waals surface area contributed by atoms with Gasteiger partial charge in [-0.05, 0) is 24.3 Å². The summed E-state index contributed by atoms with van der Waals surface area (Å²) < 4.78 is 37.8. The van der Waals surface area contributed by atoms with Crippen LogP contribution in [0, 0.1) is 0 Å². The number of aromatic amines is 1. The lowest BCUT2D eigenvalue weighted by Crippen LogP contribution is -2.09. The molecule has 0 atom stereocenters. The number of aromatic nitrogens is 3. The lowest BCUT2D eigenvalue weighted by Gasteiger charge is -2.08. The summed E-state index contributed by atoms with van der Waals surface area (Å²) in [5, 5.41) is 0. The Balaban J connectivity index is 2.04. The van der Waals surface area contributed by atoms with Gasteiger partial charge in [0.1, 0.15) is 5.82 Å². The topological polar surface area (TPSA) is 58.6 Å². The van der Waals surface area contributed by atoms with Crippen LogP contribution in [0.5, 0.6) is 0 Å². The van der Waals surface area contributed by atoms with Crippen LogP contribution in [0.1, 0.15) is 5.56 Å². The van der Waals surface area contributed by atoms with Crippen LogP contribution in [0.2, 0.25) is 0 Å². The van der Waals surface area contributed by atoms with E-state index in [-0.39, 0.29) is 5.82 Å². The summed E-state index contributed by atoms with van der Waals surface area (Å²) in [6.07, 6.45) is -2.84. The average molecular weight is 317 g/mol. The zero-order valence-electron chi connectivity index (χ0n) is 11.6. The largest absolute Gasteiger partial charge is 0.416 e. The second-order valence-electron chi connectivity index (χ2n) is 4.77. The highest BCUT2D eigenvalue weighted by atomic mass is 19.4. The van der Waals surface area contributed by atoms with Gasteiger partial charge in [-0.1, -0.05) is 18.2 Å². The van der Waals surface area contributed by atoms with E-state index in [1.165, 1.54) is 18.2 Å². The maximum atomic E-state index is 12.6. The fraction of sp³-hybridized carbons (Fsp3) is 0.0625. The summed E-state index contributed by atoms with van der Waals surface area (Å²) >= 11 is 0. The lowest BCUT2D eigenvalue weighted by atomic mass is 10.1. The van der Waals surface area contributed by atoms with E-state index in [0.717, 1.165) is 12.1 Å². The molecule has 116 valence electrons. The van der Waals surface area contributed by atoms with Crippen LogP contribution in [-0.2, 0) is 6.18 Å². The van der Waals surface area contributed by atoms with E-state index >= 15 is 0 Å². The Kier molecular flexibility index (Phi) is 3.69. The molecule has 23 heavy (non-hydrogen) atoms. The molecule has 1 aromatic carbocycles. The third-order valence-electron chi connectivity index (χ3n) is 3.15. The summed E-state index contributed by atoms with van der Waals surface area (Å²) in [4.78, 5) is 22.7. The van der Waals surface area contributed by atoms with Gasteiger partial charge in [-0.25, -0.2) is 4.98 Å². The molecule has 0 saturated heterocycles. The minimum atomic E-state index is -4.41. The molecule has 0 bridgehead atoms. The van der Waals surface area contributed by atoms with E-state index in [1.807, 2.05) is 0 Å². The monoisotopic (exact) mass is 317 g/mol. The highest BCUT2D eigenvalue weighted by Crippen LogP contribution is 2.30. The SMILES string of the molecule is O=c1cc(-c2ccccn2)nc(-c2ccc(C(F)(F)F)cc2)[nH]1. The van der Waals surface area contributed by atoms with Gasteiger partial charge in [0.15, 0.2) is 0 Å². The highest BCUT2D eigenvalue weighted by Gasteiger charge is 2.30. The summed E-state index contributed by atoms with van der Waals surface area (Å²) in [6, 6.07) is 10.9. The Hall–Kier alpha value is -2.96. The Morgan fingerprint density at radius 2 is 1.70 bits per heavy atom. The van der Waals surface area contributed by atoms with Gasteiger partial charge in [0.05, 0.1) is 17.0 Å². The number of H-pyrrole nitrogens is 1. The fourth-order valence-corrected chi connectivity index (χ4v) is 2.06. The predicted molar refractivity (Wildman–Crippen MR) is 78.5 cm³/mol. The maximum absolute atomic E-state index is 12.6.